The molecule has 2 rings (SSSR count). The fraction of sp³-hybridized carbons (Fsp3) is 0.500. The van der Waals surface area contributed by atoms with E-state index in [4.69, 9.17) is 25.8 Å². The second kappa shape index (κ2) is 7.72. The molecule has 1 saturated heterocycles. The maximum absolute atomic E-state index is 12.5. The number of halogens is 1. The van der Waals surface area contributed by atoms with Gasteiger partial charge in [0.25, 0.3) is 5.91 Å². The average molecular weight is 358 g/mol. The predicted molar refractivity (Wildman–Crippen MR) is 87.1 cm³/mol. The van der Waals surface area contributed by atoms with Crippen molar-refractivity contribution >= 4 is 23.5 Å². The van der Waals surface area contributed by atoms with Gasteiger partial charge in [0.2, 0.25) is 0 Å². The van der Waals surface area contributed by atoms with Gasteiger partial charge in [-0.05, 0) is 19.1 Å². The molecular formula is C16H20ClNO6. The zero-order valence-electron chi connectivity index (χ0n) is 13.6. The smallest absolute Gasteiger partial charge is 0.329 e. The van der Waals surface area contributed by atoms with Crippen LogP contribution in [0.25, 0.3) is 0 Å². The monoisotopic (exact) mass is 357 g/mol. The minimum Gasteiger partial charge on any atom is -0.493 e. The maximum Gasteiger partial charge on any atom is 0.329 e. The summed E-state index contributed by atoms with van der Waals surface area (Å²) >= 11 is 6.15. The normalized spacial score (nSPS) is 16.3. The highest BCUT2D eigenvalue weighted by atomic mass is 35.5. The van der Waals surface area contributed by atoms with Gasteiger partial charge in [-0.25, -0.2) is 4.79 Å². The Labute approximate surface area is 144 Å². The molecule has 0 bridgehead atoms. The number of hydrogen-bond acceptors (Lipinski definition) is 5. The Morgan fingerprint density at radius 2 is 2.04 bits per heavy atom. The van der Waals surface area contributed by atoms with Gasteiger partial charge in [-0.1, -0.05) is 11.6 Å². The van der Waals surface area contributed by atoms with Crippen molar-refractivity contribution in [1.82, 2.24) is 5.32 Å². The van der Waals surface area contributed by atoms with Crippen LogP contribution in [-0.4, -0.2) is 49.5 Å². The Kier molecular flexibility index (Phi) is 5.90. The lowest BCUT2D eigenvalue weighted by molar-refractivity contribution is -0.148. The number of carbonyl (C=O) groups excluding carboxylic acids is 1. The molecule has 0 aliphatic carbocycles. The zero-order valence-corrected chi connectivity index (χ0v) is 14.3. The number of hydrogen-bond donors (Lipinski definition) is 2. The molecule has 1 aromatic rings. The van der Waals surface area contributed by atoms with E-state index < -0.39 is 17.4 Å². The van der Waals surface area contributed by atoms with Gasteiger partial charge in [0.1, 0.15) is 5.54 Å². The van der Waals surface area contributed by atoms with Gasteiger partial charge in [0.15, 0.2) is 11.5 Å². The summed E-state index contributed by atoms with van der Waals surface area (Å²) in [6.45, 7) is 2.75. The number of rotatable bonds is 6. The average Bonchev–Trinajstić information content (AvgIpc) is 2.57. The first-order valence-electron chi connectivity index (χ1n) is 7.57. The van der Waals surface area contributed by atoms with E-state index in [-0.39, 0.29) is 36.6 Å². The first kappa shape index (κ1) is 18.4. The molecule has 0 atom stereocenters. The number of carbonyl (C=O) groups is 2. The van der Waals surface area contributed by atoms with Gasteiger partial charge < -0.3 is 24.6 Å². The maximum atomic E-state index is 12.5. The zero-order chi connectivity index (χ0) is 17.7. The minimum atomic E-state index is -1.34. The molecule has 24 heavy (non-hydrogen) atoms. The summed E-state index contributed by atoms with van der Waals surface area (Å²) in [4.78, 5) is 24.2. The fourth-order valence-corrected chi connectivity index (χ4v) is 2.80. The Hall–Kier alpha value is -1.99. The molecule has 8 heteroatoms. The van der Waals surface area contributed by atoms with Crippen LogP contribution >= 0.6 is 11.6 Å². The minimum absolute atomic E-state index is 0.201. The molecule has 0 radical (unpaired) electrons. The van der Waals surface area contributed by atoms with Crippen molar-refractivity contribution in [2.24, 2.45) is 0 Å². The molecule has 0 saturated carbocycles. The van der Waals surface area contributed by atoms with Crippen LogP contribution in [0.4, 0.5) is 0 Å². The second-order valence-corrected chi connectivity index (χ2v) is 5.78. The van der Waals surface area contributed by atoms with Crippen LogP contribution in [0.3, 0.4) is 0 Å². The Balaban J connectivity index is 2.29. The largest absolute Gasteiger partial charge is 0.493 e. The molecule has 0 aromatic heterocycles. The third-order valence-corrected chi connectivity index (χ3v) is 4.17. The van der Waals surface area contributed by atoms with Gasteiger partial charge in [0.05, 0.1) is 18.7 Å². The quantitative estimate of drug-likeness (QED) is 0.809. The number of carboxylic acids is 1. The van der Waals surface area contributed by atoms with Crippen molar-refractivity contribution in [2.45, 2.75) is 25.3 Å². The van der Waals surface area contributed by atoms with Crippen LogP contribution in [0.1, 0.15) is 30.1 Å². The third kappa shape index (κ3) is 3.73. The van der Waals surface area contributed by atoms with Gasteiger partial charge >= 0.3 is 5.97 Å². The van der Waals surface area contributed by atoms with E-state index in [0.29, 0.717) is 18.1 Å². The van der Waals surface area contributed by atoms with Crippen LogP contribution in [0.2, 0.25) is 5.02 Å². The lowest BCUT2D eigenvalue weighted by Gasteiger charge is -2.33. The fourth-order valence-electron chi connectivity index (χ4n) is 2.54. The van der Waals surface area contributed by atoms with Crippen LogP contribution in [0.5, 0.6) is 11.5 Å². The van der Waals surface area contributed by atoms with Gasteiger partial charge in [0, 0.05) is 31.6 Å². The van der Waals surface area contributed by atoms with Crippen LogP contribution in [-0.2, 0) is 9.53 Å². The van der Waals surface area contributed by atoms with E-state index in [2.05, 4.69) is 5.32 Å². The topological polar surface area (TPSA) is 94.1 Å². The lowest BCUT2D eigenvalue weighted by Crippen LogP contribution is -2.57. The van der Waals surface area contributed by atoms with Crippen molar-refractivity contribution in [3.05, 3.63) is 22.7 Å². The highest BCUT2D eigenvalue weighted by Crippen LogP contribution is 2.36. The number of ether oxygens (including phenoxy) is 3. The van der Waals surface area contributed by atoms with Gasteiger partial charge in [-0.15, -0.1) is 0 Å². The van der Waals surface area contributed by atoms with Crippen molar-refractivity contribution in [3.63, 3.8) is 0 Å². The van der Waals surface area contributed by atoms with E-state index in [9.17, 15) is 14.7 Å². The highest BCUT2D eigenvalue weighted by molar-refractivity contribution is 6.32. The summed E-state index contributed by atoms with van der Waals surface area (Å²) in [5.74, 6) is -0.964. The molecular weight excluding hydrogens is 338 g/mol. The molecule has 2 N–H and O–H groups in total. The van der Waals surface area contributed by atoms with Gasteiger partial charge in [-0.3, -0.25) is 4.79 Å². The standard InChI is InChI=1S/C16H20ClNO6/c1-3-24-13-11(17)8-10(9-12(13)22-2)14(19)18-16(15(20)21)4-6-23-7-5-16/h8-9H,3-7H2,1-2H3,(H,18,19)(H,20,21). The second-order valence-electron chi connectivity index (χ2n) is 5.38. The van der Waals surface area contributed by atoms with Gasteiger partial charge in [-0.2, -0.15) is 0 Å². The summed E-state index contributed by atoms with van der Waals surface area (Å²) < 4.78 is 15.8. The predicted octanol–water partition coefficient (Wildman–Crippen LogP) is 2.11. The van der Waals surface area contributed by atoms with Crippen molar-refractivity contribution in [2.75, 3.05) is 26.9 Å². The van der Waals surface area contributed by atoms with Crippen LogP contribution in [0, 0.1) is 0 Å². The summed E-state index contributed by atoms with van der Waals surface area (Å²) in [6, 6.07) is 2.90. The molecule has 1 aromatic carbocycles. The molecule has 132 valence electrons. The molecule has 1 aliphatic rings. The molecule has 0 unspecified atom stereocenters. The third-order valence-electron chi connectivity index (χ3n) is 3.89. The molecule has 0 spiro atoms. The molecule has 1 heterocycles. The van der Waals surface area contributed by atoms with Crippen LogP contribution in [0.15, 0.2) is 12.1 Å². The first-order valence-corrected chi connectivity index (χ1v) is 7.95. The molecule has 1 amide bonds. The van der Waals surface area contributed by atoms with Crippen molar-refractivity contribution < 1.29 is 28.9 Å². The number of benzene rings is 1. The number of nitrogens with one attached hydrogen (secondary N) is 1. The molecule has 1 fully saturated rings. The molecule has 1 aliphatic heterocycles. The lowest BCUT2D eigenvalue weighted by atomic mass is 9.89. The SMILES string of the molecule is CCOc1c(Cl)cc(C(=O)NC2(C(=O)O)CCOCC2)cc1OC. The number of methoxy groups -OCH3 is 1. The number of amides is 1. The highest BCUT2D eigenvalue weighted by Gasteiger charge is 2.41. The van der Waals surface area contributed by atoms with E-state index in [1.54, 1.807) is 6.92 Å². The first-order chi connectivity index (χ1) is 11.4. The summed E-state index contributed by atoms with van der Waals surface area (Å²) in [7, 11) is 1.44. The summed E-state index contributed by atoms with van der Waals surface area (Å²) in [6.07, 6.45) is 0.409. The summed E-state index contributed by atoms with van der Waals surface area (Å²) in [5.41, 5.74) is -1.14. The van der Waals surface area contributed by atoms with Crippen molar-refractivity contribution in [3.8, 4) is 11.5 Å². The Morgan fingerprint density at radius 3 is 2.58 bits per heavy atom. The van der Waals surface area contributed by atoms with Crippen LogP contribution < -0.4 is 14.8 Å². The Morgan fingerprint density at radius 1 is 1.38 bits per heavy atom. The van der Waals surface area contributed by atoms with E-state index in [1.807, 2.05) is 0 Å². The van der Waals surface area contributed by atoms with E-state index in [1.165, 1.54) is 19.2 Å². The summed E-state index contributed by atoms with van der Waals surface area (Å²) in [5, 5.41) is 12.3. The number of aliphatic carboxylic acids is 1. The van der Waals surface area contributed by atoms with E-state index in [0.717, 1.165) is 0 Å². The molecule has 7 nitrogen and oxygen atoms in total. The van der Waals surface area contributed by atoms with E-state index >= 15 is 0 Å². The number of carboxylic acid groups (broad SMARTS) is 1. The Bertz CT molecular complexity index is 627. The van der Waals surface area contributed by atoms with Crippen molar-refractivity contribution in [1.29, 1.82) is 0 Å².